The van der Waals surface area contributed by atoms with Crippen molar-refractivity contribution in [2.45, 2.75) is 39.2 Å². The number of nitrogens with zero attached hydrogens (tertiary/aromatic N) is 1. The fraction of sp³-hybridized carbons (Fsp3) is 0.471. The van der Waals surface area contributed by atoms with Crippen LogP contribution in [0.1, 0.15) is 31.2 Å². The van der Waals surface area contributed by atoms with E-state index in [2.05, 4.69) is 31.1 Å². The Morgan fingerprint density at radius 2 is 2.10 bits per heavy atom. The molecule has 2 rings (SSSR count). The zero-order chi connectivity index (χ0) is 15.3. The number of aromatic nitrogens is 1. The number of hydrogen-bond donors (Lipinski definition) is 1. The molecule has 0 saturated carbocycles. The summed E-state index contributed by atoms with van der Waals surface area (Å²) in [5, 5.41) is 3.56. The molecular weight excluding hydrogens is 283 g/mol. The number of thiazole rings is 1. The van der Waals surface area contributed by atoms with Gasteiger partial charge in [-0.1, -0.05) is 12.1 Å². The molecule has 1 unspecified atom stereocenters. The van der Waals surface area contributed by atoms with E-state index >= 15 is 0 Å². The van der Waals surface area contributed by atoms with Crippen LogP contribution < -0.4 is 5.32 Å². The molecule has 1 N–H and O–H groups in total. The van der Waals surface area contributed by atoms with Gasteiger partial charge < -0.3 is 5.32 Å². The first kappa shape index (κ1) is 16.1. The SMILES string of the molecule is CC(C)(C)NCC(Cc1cccc(F)c1)Cc1cncs1. The molecule has 2 nitrogen and oxygen atoms in total. The molecule has 114 valence electrons. The highest BCUT2D eigenvalue weighted by molar-refractivity contribution is 7.09. The summed E-state index contributed by atoms with van der Waals surface area (Å²) in [5.74, 6) is 0.277. The molecule has 2 aromatic rings. The largest absolute Gasteiger partial charge is 0.312 e. The van der Waals surface area contributed by atoms with Gasteiger partial charge in [-0.2, -0.15) is 0 Å². The predicted molar refractivity (Wildman–Crippen MR) is 87.2 cm³/mol. The highest BCUT2D eigenvalue weighted by atomic mass is 32.1. The van der Waals surface area contributed by atoms with Crippen LogP contribution in [0.4, 0.5) is 4.39 Å². The van der Waals surface area contributed by atoms with Crippen molar-refractivity contribution in [3.63, 3.8) is 0 Å². The summed E-state index contributed by atoms with van der Waals surface area (Å²) in [7, 11) is 0. The van der Waals surface area contributed by atoms with Gasteiger partial charge in [0.25, 0.3) is 0 Å². The highest BCUT2D eigenvalue weighted by Crippen LogP contribution is 2.18. The van der Waals surface area contributed by atoms with E-state index in [4.69, 9.17) is 0 Å². The Hall–Kier alpha value is -1.26. The van der Waals surface area contributed by atoms with Crippen LogP contribution in [0.15, 0.2) is 36.0 Å². The van der Waals surface area contributed by atoms with Crippen LogP contribution in [-0.2, 0) is 12.8 Å². The van der Waals surface area contributed by atoms with Crippen molar-refractivity contribution in [3.8, 4) is 0 Å². The van der Waals surface area contributed by atoms with Gasteiger partial charge >= 0.3 is 0 Å². The summed E-state index contributed by atoms with van der Waals surface area (Å²) in [6.45, 7) is 7.41. The standard InChI is InChI=1S/C17H23FN2S/c1-17(2,3)20-10-14(9-16-11-19-12-21-16)7-13-5-4-6-15(18)8-13/h4-6,8,11-12,14,20H,7,9-10H2,1-3H3. The smallest absolute Gasteiger partial charge is 0.123 e. The van der Waals surface area contributed by atoms with Crippen LogP contribution in [0.2, 0.25) is 0 Å². The van der Waals surface area contributed by atoms with Crippen molar-refractivity contribution in [2.75, 3.05) is 6.54 Å². The summed E-state index contributed by atoms with van der Waals surface area (Å²) in [6.07, 6.45) is 3.78. The molecule has 0 saturated heterocycles. The van der Waals surface area contributed by atoms with Crippen molar-refractivity contribution in [1.29, 1.82) is 0 Å². The van der Waals surface area contributed by atoms with E-state index in [0.717, 1.165) is 24.9 Å². The topological polar surface area (TPSA) is 24.9 Å². The van der Waals surface area contributed by atoms with Gasteiger partial charge in [0, 0.05) is 16.6 Å². The van der Waals surface area contributed by atoms with E-state index in [-0.39, 0.29) is 11.4 Å². The Balaban J connectivity index is 2.03. The van der Waals surface area contributed by atoms with Crippen molar-refractivity contribution < 1.29 is 4.39 Å². The van der Waals surface area contributed by atoms with Gasteiger partial charge in [-0.3, -0.25) is 4.98 Å². The van der Waals surface area contributed by atoms with Crippen LogP contribution in [0, 0.1) is 11.7 Å². The lowest BCUT2D eigenvalue weighted by Gasteiger charge is -2.25. The van der Waals surface area contributed by atoms with E-state index in [1.54, 1.807) is 23.5 Å². The zero-order valence-corrected chi connectivity index (χ0v) is 13.7. The molecule has 21 heavy (non-hydrogen) atoms. The fourth-order valence-corrected chi connectivity index (χ4v) is 3.00. The van der Waals surface area contributed by atoms with Gasteiger partial charge in [-0.25, -0.2) is 4.39 Å². The van der Waals surface area contributed by atoms with E-state index in [9.17, 15) is 4.39 Å². The Labute approximate surface area is 130 Å². The lowest BCUT2D eigenvalue weighted by Crippen LogP contribution is -2.40. The van der Waals surface area contributed by atoms with E-state index in [0.29, 0.717) is 5.92 Å². The highest BCUT2D eigenvalue weighted by Gasteiger charge is 2.16. The summed E-state index contributed by atoms with van der Waals surface area (Å²) in [4.78, 5) is 5.43. The van der Waals surface area contributed by atoms with E-state index in [1.807, 2.05) is 17.8 Å². The molecule has 0 aliphatic heterocycles. The van der Waals surface area contributed by atoms with Crippen molar-refractivity contribution in [3.05, 3.63) is 52.2 Å². The summed E-state index contributed by atoms with van der Waals surface area (Å²) in [5.41, 5.74) is 3.01. The van der Waals surface area contributed by atoms with Gasteiger partial charge in [0.05, 0.1) is 5.51 Å². The minimum Gasteiger partial charge on any atom is -0.312 e. The first-order valence-corrected chi connectivity index (χ1v) is 8.17. The second-order valence-electron chi connectivity index (χ2n) is 6.50. The molecule has 0 spiro atoms. The van der Waals surface area contributed by atoms with Crippen LogP contribution in [0.3, 0.4) is 0 Å². The Kier molecular flexibility index (Phi) is 5.48. The fourth-order valence-electron chi connectivity index (χ4n) is 2.29. The minimum atomic E-state index is -0.159. The summed E-state index contributed by atoms with van der Waals surface area (Å²) >= 11 is 1.69. The second kappa shape index (κ2) is 7.14. The quantitative estimate of drug-likeness (QED) is 0.870. The van der Waals surface area contributed by atoms with Gasteiger partial charge in [0.1, 0.15) is 5.82 Å². The average molecular weight is 306 g/mol. The predicted octanol–water partition coefficient (Wildman–Crippen LogP) is 4.07. The lowest BCUT2D eigenvalue weighted by atomic mass is 9.94. The monoisotopic (exact) mass is 306 g/mol. The molecule has 1 aromatic carbocycles. The Bertz CT molecular complexity index is 546. The Morgan fingerprint density at radius 3 is 2.71 bits per heavy atom. The molecule has 0 radical (unpaired) electrons. The van der Waals surface area contributed by atoms with Gasteiger partial charge in [0.15, 0.2) is 0 Å². The van der Waals surface area contributed by atoms with Crippen LogP contribution >= 0.6 is 11.3 Å². The third kappa shape index (κ3) is 5.94. The molecule has 1 heterocycles. The first-order valence-electron chi connectivity index (χ1n) is 7.29. The second-order valence-corrected chi connectivity index (χ2v) is 7.47. The molecule has 4 heteroatoms. The van der Waals surface area contributed by atoms with Crippen LogP contribution in [-0.4, -0.2) is 17.1 Å². The minimum absolute atomic E-state index is 0.0912. The lowest BCUT2D eigenvalue weighted by molar-refractivity contribution is 0.367. The first-order chi connectivity index (χ1) is 9.92. The van der Waals surface area contributed by atoms with Crippen molar-refractivity contribution in [2.24, 2.45) is 5.92 Å². The molecule has 1 aromatic heterocycles. The third-order valence-corrected chi connectivity index (χ3v) is 4.11. The summed E-state index contributed by atoms with van der Waals surface area (Å²) < 4.78 is 13.3. The average Bonchev–Trinajstić information content (AvgIpc) is 2.88. The molecule has 0 amide bonds. The number of benzene rings is 1. The molecule has 0 bridgehead atoms. The molecule has 0 fully saturated rings. The number of halogens is 1. The molecule has 0 aliphatic carbocycles. The van der Waals surface area contributed by atoms with Crippen molar-refractivity contribution in [1.82, 2.24) is 10.3 Å². The molecule has 1 atom stereocenters. The van der Waals surface area contributed by atoms with E-state index < -0.39 is 0 Å². The van der Waals surface area contributed by atoms with Gasteiger partial charge in [-0.05, 0) is 63.8 Å². The van der Waals surface area contributed by atoms with E-state index in [1.165, 1.54) is 10.9 Å². The third-order valence-electron chi connectivity index (χ3n) is 3.31. The van der Waals surface area contributed by atoms with Crippen molar-refractivity contribution >= 4 is 11.3 Å². The summed E-state index contributed by atoms with van der Waals surface area (Å²) in [6, 6.07) is 6.91. The Morgan fingerprint density at radius 1 is 1.29 bits per heavy atom. The van der Waals surface area contributed by atoms with Gasteiger partial charge in [-0.15, -0.1) is 11.3 Å². The maximum absolute atomic E-state index is 13.3. The van der Waals surface area contributed by atoms with Crippen LogP contribution in [0.25, 0.3) is 0 Å². The number of nitrogens with one attached hydrogen (secondary N) is 1. The zero-order valence-electron chi connectivity index (χ0n) is 12.9. The van der Waals surface area contributed by atoms with Gasteiger partial charge in [0.2, 0.25) is 0 Å². The number of hydrogen-bond acceptors (Lipinski definition) is 3. The normalized spacial score (nSPS) is 13.3. The molecular formula is C17H23FN2S. The van der Waals surface area contributed by atoms with Crippen LogP contribution in [0.5, 0.6) is 0 Å². The molecule has 0 aliphatic rings. The maximum atomic E-state index is 13.3. The maximum Gasteiger partial charge on any atom is 0.123 e. The number of rotatable bonds is 6.